The summed E-state index contributed by atoms with van der Waals surface area (Å²) in [5.74, 6) is 0.877. The molecule has 0 saturated carbocycles. The maximum absolute atomic E-state index is 12.1. The fourth-order valence-corrected chi connectivity index (χ4v) is 2.80. The first-order valence-electron chi connectivity index (χ1n) is 6.88. The third kappa shape index (κ3) is 3.45. The van der Waals surface area contributed by atoms with E-state index in [-0.39, 0.29) is 12.1 Å². The minimum Gasteiger partial charge on any atom is -0.480 e. The number of nitrogens with one attached hydrogen (secondary N) is 1. The van der Waals surface area contributed by atoms with Gasteiger partial charge >= 0.3 is 6.03 Å². The molecule has 0 spiro atoms. The van der Waals surface area contributed by atoms with Crippen molar-refractivity contribution in [2.45, 2.75) is 12.5 Å². The van der Waals surface area contributed by atoms with Crippen molar-refractivity contribution in [1.29, 1.82) is 0 Å². The maximum atomic E-state index is 12.1. The third-order valence-electron chi connectivity index (χ3n) is 3.30. The van der Waals surface area contributed by atoms with Gasteiger partial charge in [-0.05, 0) is 17.5 Å². The number of ether oxygens (including phenoxy) is 2. The average Bonchev–Trinajstić information content (AvgIpc) is 3.20. The summed E-state index contributed by atoms with van der Waals surface area (Å²) in [7, 11) is 1.53. The molecule has 1 N–H and O–H groups in total. The number of carbonyl (C=O) groups excluding carboxylic acids is 1. The predicted octanol–water partition coefficient (Wildman–Crippen LogP) is 2.23. The van der Waals surface area contributed by atoms with E-state index in [4.69, 9.17) is 9.47 Å². The number of nitrogens with zero attached hydrogens (tertiary/aromatic N) is 3. The van der Waals surface area contributed by atoms with Gasteiger partial charge in [-0.3, -0.25) is 5.32 Å². The first-order chi connectivity index (χ1) is 10.7. The van der Waals surface area contributed by atoms with Crippen LogP contribution in [-0.2, 0) is 0 Å². The van der Waals surface area contributed by atoms with Gasteiger partial charge in [0.15, 0.2) is 0 Å². The van der Waals surface area contributed by atoms with Crippen LogP contribution in [0.3, 0.4) is 0 Å². The van der Waals surface area contributed by atoms with Crippen molar-refractivity contribution in [1.82, 2.24) is 15.1 Å². The lowest BCUT2D eigenvalue weighted by Gasteiger charge is -2.17. The van der Waals surface area contributed by atoms with Crippen LogP contribution in [0.5, 0.6) is 11.8 Å². The molecule has 0 aromatic carbocycles. The van der Waals surface area contributed by atoms with Crippen molar-refractivity contribution in [3.8, 4) is 11.8 Å². The van der Waals surface area contributed by atoms with Gasteiger partial charge in [-0.25, -0.2) is 4.79 Å². The van der Waals surface area contributed by atoms with Gasteiger partial charge in [-0.15, -0.1) is 21.5 Å². The van der Waals surface area contributed by atoms with Crippen molar-refractivity contribution in [2.24, 2.45) is 0 Å². The van der Waals surface area contributed by atoms with Gasteiger partial charge in [0.2, 0.25) is 11.8 Å². The van der Waals surface area contributed by atoms with Crippen molar-refractivity contribution in [2.75, 3.05) is 25.5 Å². The quantitative estimate of drug-likeness (QED) is 0.935. The Bertz CT molecular complexity index is 618. The Hall–Kier alpha value is -2.35. The summed E-state index contributed by atoms with van der Waals surface area (Å²) in [6.45, 7) is 1.19. The van der Waals surface area contributed by atoms with Crippen LogP contribution in [0.1, 0.15) is 6.42 Å². The molecule has 3 heterocycles. The zero-order valence-corrected chi connectivity index (χ0v) is 12.9. The molecule has 7 nitrogen and oxygen atoms in total. The maximum Gasteiger partial charge on any atom is 0.322 e. The minimum absolute atomic E-state index is 0.0724. The van der Waals surface area contributed by atoms with E-state index in [0.717, 1.165) is 11.4 Å². The molecule has 0 aliphatic carbocycles. The molecule has 1 saturated heterocycles. The first kappa shape index (κ1) is 14.6. The Morgan fingerprint density at radius 3 is 2.86 bits per heavy atom. The highest BCUT2D eigenvalue weighted by atomic mass is 32.1. The molecule has 8 heteroatoms. The number of hydrogen-bond donors (Lipinski definition) is 1. The fourth-order valence-electron chi connectivity index (χ4n) is 2.19. The molecule has 1 atom stereocenters. The lowest BCUT2D eigenvalue weighted by molar-refractivity contribution is 0.188. The number of thiophene rings is 1. The molecule has 1 aliphatic rings. The predicted molar refractivity (Wildman–Crippen MR) is 82.5 cm³/mol. The molecule has 1 fully saturated rings. The van der Waals surface area contributed by atoms with E-state index in [0.29, 0.717) is 24.8 Å². The van der Waals surface area contributed by atoms with Gasteiger partial charge in [0.1, 0.15) is 6.10 Å². The monoisotopic (exact) mass is 320 g/mol. The largest absolute Gasteiger partial charge is 0.480 e. The third-order valence-corrected chi connectivity index (χ3v) is 4.08. The zero-order chi connectivity index (χ0) is 15.4. The van der Waals surface area contributed by atoms with Gasteiger partial charge in [0.05, 0.1) is 18.7 Å². The van der Waals surface area contributed by atoms with Crippen LogP contribution in [0.15, 0.2) is 29.6 Å². The molecular formula is C14H16N4O3S. The number of rotatable bonds is 4. The zero-order valence-electron chi connectivity index (χ0n) is 12.1. The Morgan fingerprint density at radius 1 is 1.36 bits per heavy atom. The number of methoxy groups -OCH3 is 1. The van der Waals surface area contributed by atoms with Crippen LogP contribution >= 0.6 is 11.3 Å². The Labute approximate surface area is 131 Å². The molecule has 116 valence electrons. The number of likely N-dealkylation sites (tertiary alicyclic amines) is 1. The van der Waals surface area contributed by atoms with Crippen LogP contribution in [0.2, 0.25) is 0 Å². The van der Waals surface area contributed by atoms with Crippen molar-refractivity contribution in [3.05, 3.63) is 29.6 Å². The summed E-state index contributed by atoms with van der Waals surface area (Å²) >= 11 is 1.50. The van der Waals surface area contributed by atoms with E-state index < -0.39 is 0 Å². The van der Waals surface area contributed by atoms with E-state index >= 15 is 0 Å². The highest BCUT2D eigenvalue weighted by Gasteiger charge is 2.28. The van der Waals surface area contributed by atoms with Crippen LogP contribution in [0.4, 0.5) is 9.80 Å². The molecule has 2 aromatic heterocycles. The van der Waals surface area contributed by atoms with Gasteiger partial charge in [0.25, 0.3) is 0 Å². The molecule has 0 bridgehead atoms. The van der Waals surface area contributed by atoms with E-state index in [1.165, 1.54) is 18.4 Å². The molecule has 1 unspecified atom stereocenters. The van der Waals surface area contributed by atoms with Gasteiger partial charge in [0, 0.05) is 25.1 Å². The molecule has 2 aromatic rings. The highest BCUT2D eigenvalue weighted by Crippen LogP contribution is 2.20. The number of amides is 2. The van der Waals surface area contributed by atoms with Gasteiger partial charge in [-0.2, -0.15) is 0 Å². The van der Waals surface area contributed by atoms with Crippen LogP contribution in [0.25, 0.3) is 0 Å². The molecular weight excluding hydrogens is 304 g/mol. The Kier molecular flexibility index (Phi) is 4.38. The lowest BCUT2D eigenvalue weighted by Crippen LogP contribution is -2.34. The van der Waals surface area contributed by atoms with Crippen LogP contribution in [0, 0.1) is 0 Å². The summed E-state index contributed by atoms with van der Waals surface area (Å²) in [6.07, 6.45) is 0.697. The topological polar surface area (TPSA) is 76.6 Å². The highest BCUT2D eigenvalue weighted by molar-refractivity contribution is 7.14. The van der Waals surface area contributed by atoms with Crippen molar-refractivity contribution in [3.63, 3.8) is 0 Å². The Morgan fingerprint density at radius 2 is 2.18 bits per heavy atom. The van der Waals surface area contributed by atoms with Crippen molar-refractivity contribution >= 4 is 22.4 Å². The number of urea groups is 1. The summed E-state index contributed by atoms with van der Waals surface area (Å²) in [5.41, 5.74) is 0. The number of anilines is 1. The van der Waals surface area contributed by atoms with Crippen molar-refractivity contribution < 1.29 is 14.3 Å². The molecule has 0 radical (unpaired) electrons. The SMILES string of the molecule is COc1ccc(OC2CCN(C(=O)Nc3cccs3)C2)nn1. The lowest BCUT2D eigenvalue weighted by atomic mass is 10.3. The number of aromatic nitrogens is 2. The summed E-state index contributed by atoms with van der Waals surface area (Å²) in [4.78, 5) is 13.9. The summed E-state index contributed by atoms with van der Waals surface area (Å²) in [6, 6.07) is 7.07. The van der Waals surface area contributed by atoms with Gasteiger partial charge < -0.3 is 14.4 Å². The normalized spacial score (nSPS) is 17.3. The summed E-state index contributed by atoms with van der Waals surface area (Å²) < 4.78 is 10.7. The smallest absolute Gasteiger partial charge is 0.322 e. The van der Waals surface area contributed by atoms with E-state index in [9.17, 15) is 4.79 Å². The molecule has 1 aliphatic heterocycles. The van der Waals surface area contributed by atoms with Crippen LogP contribution < -0.4 is 14.8 Å². The fraction of sp³-hybridized carbons (Fsp3) is 0.357. The van der Waals surface area contributed by atoms with Crippen LogP contribution in [-0.4, -0.2) is 47.4 Å². The second kappa shape index (κ2) is 6.61. The number of hydrogen-bond acceptors (Lipinski definition) is 6. The second-order valence-electron chi connectivity index (χ2n) is 4.80. The van der Waals surface area contributed by atoms with E-state index in [1.54, 1.807) is 17.0 Å². The standard InChI is InChI=1S/C14H16N4O3S/c1-20-11-4-5-12(17-16-11)21-10-6-7-18(9-10)14(19)15-13-3-2-8-22-13/h2-5,8,10H,6-7,9H2,1H3,(H,15,19). The number of carbonyl (C=O) groups is 1. The van der Waals surface area contributed by atoms with Gasteiger partial charge in [-0.1, -0.05) is 0 Å². The first-order valence-corrected chi connectivity index (χ1v) is 7.76. The molecule has 3 rings (SSSR count). The Balaban J connectivity index is 1.52. The van der Waals surface area contributed by atoms with E-state index in [2.05, 4.69) is 15.5 Å². The van der Waals surface area contributed by atoms with E-state index in [1.807, 2.05) is 17.5 Å². The summed E-state index contributed by atoms with van der Waals surface area (Å²) in [5, 5.41) is 13.4. The second-order valence-corrected chi connectivity index (χ2v) is 5.74. The average molecular weight is 320 g/mol. The molecule has 2 amide bonds. The minimum atomic E-state index is -0.102. The molecule has 22 heavy (non-hydrogen) atoms.